The number of nitrogens with zero attached hydrogens (tertiary/aromatic N) is 6. The highest BCUT2D eigenvalue weighted by molar-refractivity contribution is 7.19. The topological polar surface area (TPSA) is 96.0 Å². The maximum absolute atomic E-state index is 13.1. The van der Waals surface area contributed by atoms with Crippen molar-refractivity contribution >= 4 is 39.0 Å². The normalized spacial score (nSPS) is 16.0. The van der Waals surface area contributed by atoms with Crippen LogP contribution in [0.15, 0.2) is 55.0 Å². The van der Waals surface area contributed by atoms with Crippen molar-refractivity contribution in [2.24, 2.45) is 0 Å². The zero-order valence-electron chi connectivity index (χ0n) is 25.6. The van der Waals surface area contributed by atoms with Gasteiger partial charge in [0.25, 0.3) is 0 Å². The van der Waals surface area contributed by atoms with Gasteiger partial charge in [0.2, 0.25) is 5.91 Å². The minimum atomic E-state index is 0.0653. The third-order valence-electron chi connectivity index (χ3n) is 8.20. The molecule has 1 N–H and O–H groups in total. The predicted molar refractivity (Wildman–Crippen MR) is 174 cm³/mol. The summed E-state index contributed by atoms with van der Waals surface area (Å²) in [6.07, 6.45) is 7.86. The predicted octanol–water partition coefficient (Wildman–Crippen LogP) is 4.94. The molecule has 11 heteroatoms. The lowest BCUT2D eigenvalue weighted by Crippen LogP contribution is -2.47. The van der Waals surface area contributed by atoms with E-state index >= 15 is 0 Å². The number of hydrogen-bond acceptors (Lipinski definition) is 10. The zero-order chi connectivity index (χ0) is 30.5. The molecule has 2 aliphatic heterocycles. The number of rotatable bonds is 10. The van der Waals surface area contributed by atoms with Gasteiger partial charge in [-0.15, -0.1) is 11.3 Å². The molecule has 0 spiro atoms. The standard InChI is InChI=1S/C33H39N7O3S/c1-23-19-25(7-9-28(23)43-26-8-6-24(2)34-20-26)37-32-31-27-10-12-40(21-29(27)44-33(31)36-22-35-32)30(41)5-4-11-38-13-15-39(16-14-38)17-18-42-3/h4-9,19-20,22H,10-18,21H2,1-3H3,(H,35,36,37)/b5-4+. The molecule has 0 radical (unpaired) electrons. The van der Waals surface area contributed by atoms with Gasteiger partial charge >= 0.3 is 0 Å². The van der Waals surface area contributed by atoms with Crippen molar-refractivity contribution in [3.05, 3.63) is 76.7 Å². The van der Waals surface area contributed by atoms with Crippen LogP contribution in [0, 0.1) is 13.8 Å². The molecule has 2 aliphatic rings. The summed E-state index contributed by atoms with van der Waals surface area (Å²) >= 11 is 1.65. The van der Waals surface area contributed by atoms with Crippen molar-refractivity contribution in [3.63, 3.8) is 0 Å². The molecule has 0 atom stereocenters. The largest absolute Gasteiger partial charge is 0.455 e. The van der Waals surface area contributed by atoms with Gasteiger partial charge in [-0.25, -0.2) is 9.97 Å². The van der Waals surface area contributed by atoms with Crippen molar-refractivity contribution in [2.75, 3.05) is 64.8 Å². The summed E-state index contributed by atoms with van der Waals surface area (Å²) in [6, 6.07) is 9.86. The Balaban J connectivity index is 1.08. The Kier molecular flexibility index (Phi) is 9.46. The van der Waals surface area contributed by atoms with E-state index in [1.54, 1.807) is 37.0 Å². The maximum atomic E-state index is 13.1. The molecular formula is C33H39N7O3S. The Morgan fingerprint density at radius 3 is 2.66 bits per heavy atom. The Labute approximate surface area is 262 Å². The van der Waals surface area contributed by atoms with E-state index in [0.717, 1.165) is 91.0 Å². The summed E-state index contributed by atoms with van der Waals surface area (Å²) in [7, 11) is 1.74. The number of thiophene rings is 1. The third-order valence-corrected chi connectivity index (χ3v) is 9.32. The van der Waals surface area contributed by atoms with Gasteiger partial charge in [-0.2, -0.15) is 0 Å². The number of hydrogen-bond donors (Lipinski definition) is 1. The van der Waals surface area contributed by atoms with Gasteiger partial charge in [0, 0.05) is 75.3 Å². The second kappa shape index (κ2) is 13.8. The summed E-state index contributed by atoms with van der Waals surface area (Å²) in [6.45, 7) is 11.9. The SMILES string of the molecule is COCCN1CCN(C/C=C/C(=O)N2CCc3c(sc4ncnc(Nc5ccc(Oc6ccc(C)nc6)c(C)c5)c34)C2)CC1. The lowest BCUT2D eigenvalue weighted by atomic mass is 10.0. The van der Waals surface area contributed by atoms with Crippen molar-refractivity contribution in [3.8, 4) is 11.5 Å². The molecule has 3 aromatic heterocycles. The number of pyridine rings is 1. The van der Waals surface area contributed by atoms with Gasteiger partial charge in [0.05, 0.1) is 24.7 Å². The fourth-order valence-corrected chi connectivity index (χ4v) is 6.86. The number of piperazine rings is 1. The van der Waals surface area contributed by atoms with Crippen LogP contribution in [0.1, 0.15) is 21.7 Å². The molecule has 4 aromatic rings. The smallest absolute Gasteiger partial charge is 0.246 e. The lowest BCUT2D eigenvalue weighted by Gasteiger charge is -2.33. The number of carbonyl (C=O) groups is 1. The zero-order valence-corrected chi connectivity index (χ0v) is 26.4. The Morgan fingerprint density at radius 2 is 1.89 bits per heavy atom. The van der Waals surface area contributed by atoms with Gasteiger partial charge < -0.3 is 19.7 Å². The Morgan fingerprint density at radius 1 is 1.05 bits per heavy atom. The second-order valence-corrected chi connectivity index (χ2v) is 12.4. The Bertz CT molecular complexity index is 1630. The van der Waals surface area contributed by atoms with Gasteiger partial charge in [0.1, 0.15) is 28.5 Å². The van der Waals surface area contributed by atoms with Gasteiger partial charge in [-0.05, 0) is 61.7 Å². The van der Waals surface area contributed by atoms with Crippen molar-refractivity contribution in [1.82, 2.24) is 29.7 Å². The number of ether oxygens (including phenoxy) is 2. The number of aryl methyl sites for hydroxylation is 2. The third kappa shape index (κ3) is 7.07. The number of aromatic nitrogens is 3. The first-order valence-electron chi connectivity index (χ1n) is 15.1. The van der Waals surface area contributed by atoms with Crippen LogP contribution in [0.3, 0.4) is 0 Å². The number of nitrogens with one attached hydrogen (secondary N) is 1. The van der Waals surface area contributed by atoms with Gasteiger partial charge in [0.15, 0.2) is 0 Å². The summed E-state index contributed by atoms with van der Waals surface area (Å²) in [5.41, 5.74) is 4.10. The van der Waals surface area contributed by atoms with Gasteiger partial charge in [-0.1, -0.05) is 6.08 Å². The minimum absolute atomic E-state index is 0.0653. The highest BCUT2D eigenvalue weighted by atomic mass is 32.1. The highest BCUT2D eigenvalue weighted by Gasteiger charge is 2.26. The highest BCUT2D eigenvalue weighted by Crippen LogP contribution is 2.38. The van der Waals surface area contributed by atoms with Crippen LogP contribution in [-0.2, 0) is 22.5 Å². The number of carbonyl (C=O) groups excluding carboxylic acids is 1. The first-order chi connectivity index (χ1) is 21.5. The monoisotopic (exact) mass is 613 g/mol. The maximum Gasteiger partial charge on any atom is 0.246 e. The molecule has 0 aliphatic carbocycles. The summed E-state index contributed by atoms with van der Waals surface area (Å²) in [4.78, 5) is 35.4. The number of fused-ring (bicyclic) bond motifs is 3. The molecule has 6 rings (SSSR count). The molecule has 1 saturated heterocycles. The number of amides is 1. The van der Waals surface area contributed by atoms with Crippen LogP contribution in [0.2, 0.25) is 0 Å². The second-order valence-electron chi connectivity index (χ2n) is 11.3. The molecule has 1 amide bonds. The molecule has 230 valence electrons. The van der Waals surface area contributed by atoms with E-state index in [0.29, 0.717) is 18.8 Å². The molecule has 10 nitrogen and oxygen atoms in total. The van der Waals surface area contributed by atoms with E-state index in [-0.39, 0.29) is 5.91 Å². The molecule has 0 bridgehead atoms. The van der Waals surface area contributed by atoms with E-state index in [4.69, 9.17) is 9.47 Å². The number of benzene rings is 1. The average molecular weight is 614 g/mol. The molecule has 5 heterocycles. The molecule has 0 unspecified atom stereocenters. The molecule has 1 aromatic carbocycles. The van der Waals surface area contributed by atoms with Crippen LogP contribution in [0.25, 0.3) is 10.2 Å². The van der Waals surface area contributed by atoms with Crippen LogP contribution >= 0.6 is 11.3 Å². The number of methoxy groups -OCH3 is 1. The first-order valence-corrected chi connectivity index (χ1v) is 15.9. The first kappa shape index (κ1) is 30.1. The minimum Gasteiger partial charge on any atom is -0.455 e. The quantitative estimate of drug-likeness (QED) is 0.250. The van der Waals surface area contributed by atoms with E-state index in [9.17, 15) is 4.79 Å². The lowest BCUT2D eigenvalue weighted by molar-refractivity contribution is -0.126. The average Bonchev–Trinajstić information content (AvgIpc) is 3.42. The van der Waals surface area contributed by atoms with E-state index in [2.05, 4.69) is 36.1 Å². The van der Waals surface area contributed by atoms with Crippen LogP contribution in [0.5, 0.6) is 11.5 Å². The fourth-order valence-electron chi connectivity index (χ4n) is 5.65. The van der Waals surface area contributed by atoms with Crippen molar-refractivity contribution in [2.45, 2.75) is 26.8 Å². The fraction of sp³-hybridized carbons (Fsp3) is 0.394. The Hall–Kier alpha value is -3.90. The molecular weight excluding hydrogens is 574 g/mol. The van der Waals surface area contributed by atoms with Crippen molar-refractivity contribution < 1.29 is 14.3 Å². The van der Waals surface area contributed by atoms with Crippen molar-refractivity contribution in [1.29, 1.82) is 0 Å². The van der Waals surface area contributed by atoms with E-state index in [1.165, 1.54) is 10.4 Å². The summed E-state index contributed by atoms with van der Waals surface area (Å²) < 4.78 is 11.2. The van der Waals surface area contributed by atoms with E-state index < -0.39 is 0 Å². The molecule has 1 fully saturated rings. The summed E-state index contributed by atoms with van der Waals surface area (Å²) in [5.74, 6) is 2.33. The van der Waals surface area contributed by atoms with E-state index in [1.807, 2.05) is 49.1 Å². The number of anilines is 2. The van der Waals surface area contributed by atoms with Gasteiger partial charge in [-0.3, -0.25) is 19.6 Å². The molecule has 0 saturated carbocycles. The van der Waals surface area contributed by atoms with Crippen LogP contribution in [-0.4, -0.2) is 95.1 Å². The summed E-state index contributed by atoms with van der Waals surface area (Å²) in [5, 5.41) is 4.56. The van der Waals surface area contributed by atoms with Crippen LogP contribution in [0.4, 0.5) is 11.5 Å². The molecule has 44 heavy (non-hydrogen) atoms. The van der Waals surface area contributed by atoms with Crippen LogP contribution < -0.4 is 10.1 Å².